The topological polar surface area (TPSA) is 107 Å². The van der Waals surface area contributed by atoms with Crippen LogP contribution in [-0.2, 0) is 0 Å². The number of pyridine rings is 1. The van der Waals surface area contributed by atoms with Crippen LogP contribution in [0.25, 0.3) is 11.0 Å². The third-order valence-corrected chi connectivity index (χ3v) is 5.49. The van der Waals surface area contributed by atoms with Gasteiger partial charge in [0, 0.05) is 34.7 Å². The summed E-state index contributed by atoms with van der Waals surface area (Å²) in [5.41, 5.74) is 17.7. The van der Waals surface area contributed by atoms with Gasteiger partial charge in [-0.3, -0.25) is 10.1 Å². The van der Waals surface area contributed by atoms with Gasteiger partial charge in [-0.15, -0.1) is 0 Å². The van der Waals surface area contributed by atoms with E-state index in [2.05, 4.69) is 30.9 Å². The normalized spacial score (nSPS) is 16.3. The number of fused-ring (bicyclic) bond motifs is 1. The highest BCUT2D eigenvalue weighted by Crippen LogP contribution is 2.40. The molecule has 5 N–H and O–H groups in total. The largest absolute Gasteiger partial charge is 0.402 e. The summed E-state index contributed by atoms with van der Waals surface area (Å²) in [5.74, 6) is 0. The van der Waals surface area contributed by atoms with Crippen LogP contribution in [-0.4, -0.2) is 20.5 Å². The summed E-state index contributed by atoms with van der Waals surface area (Å²) < 4.78 is 1.91. The molecule has 0 bridgehead atoms. The Kier molecular flexibility index (Phi) is 5.97. The summed E-state index contributed by atoms with van der Waals surface area (Å²) in [5, 5.41) is 14.2. The lowest BCUT2D eigenvalue weighted by atomic mass is 9.88. The number of nitrogens with two attached hydrogens (primary N) is 2. The Bertz CT molecular complexity index is 1090. The van der Waals surface area contributed by atoms with E-state index in [1.165, 1.54) is 0 Å². The number of hydrogen-bond donors (Lipinski definition) is 3. The Hall–Kier alpha value is -3.15. The van der Waals surface area contributed by atoms with Gasteiger partial charge in [-0.05, 0) is 54.5 Å². The summed E-state index contributed by atoms with van der Waals surface area (Å²) in [4.78, 5) is 4.49. The van der Waals surface area contributed by atoms with Gasteiger partial charge in [-0.1, -0.05) is 39.8 Å². The first kappa shape index (κ1) is 21.6. The lowest BCUT2D eigenvalue weighted by molar-refractivity contribution is 0.390. The molecule has 1 aliphatic rings. The van der Waals surface area contributed by atoms with Crippen molar-refractivity contribution in [3.63, 3.8) is 0 Å². The monoisotopic (exact) mass is 404 g/mol. The number of allylic oxidation sites excluding steroid dienone is 2. The molecule has 0 amide bonds. The van der Waals surface area contributed by atoms with E-state index in [1.54, 1.807) is 6.20 Å². The van der Waals surface area contributed by atoms with Crippen molar-refractivity contribution in [1.29, 1.82) is 5.41 Å². The molecule has 0 saturated carbocycles. The highest BCUT2D eigenvalue weighted by Gasteiger charge is 2.31. The highest BCUT2D eigenvalue weighted by atomic mass is 15.3. The third kappa shape index (κ3) is 4.22. The first-order valence-corrected chi connectivity index (χ1v) is 10.5. The first-order chi connectivity index (χ1) is 14.2. The molecule has 1 atom stereocenters. The quantitative estimate of drug-likeness (QED) is 0.418. The van der Waals surface area contributed by atoms with Crippen LogP contribution < -0.4 is 11.5 Å². The minimum Gasteiger partial charge on any atom is -0.402 e. The smallest absolute Gasteiger partial charge is 0.181 e. The van der Waals surface area contributed by atoms with Crippen LogP contribution in [0.5, 0.6) is 0 Å². The second-order valence-electron chi connectivity index (χ2n) is 8.49. The Labute approximate surface area is 178 Å². The van der Waals surface area contributed by atoms with Gasteiger partial charge >= 0.3 is 0 Å². The van der Waals surface area contributed by atoms with Gasteiger partial charge in [-0.2, -0.15) is 5.10 Å². The molecule has 2 heterocycles. The van der Waals surface area contributed by atoms with Crippen molar-refractivity contribution in [3.8, 4) is 0 Å². The fraction of sp³-hybridized carbons (Fsp3) is 0.375. The second kappa shape index (κ2) is 8.30. The molecule has 0 saturated heterocycles. The minimum absolute atomic E-state index is 0.0617. The number of benzene rings is 1. The van der Waals surface area contributed by atoms with Gasteiger partial charge in [0.15, 0.2) is 5.65 Å². The molecule has 2 aromatic heterocycles. The number of rotatable bonds is 4. The maximum Gasteiger partial charge on any atom is 0.181 e. The number of aromatic nitrogens is 3. The Morgan fingerprint density at radius 3 is 2.40 bits per heavy atom. The van der Waals surface area contributed by atoms with E-state index >= 15 is 0 Å². The van der Waals surface area contributed by atoms with Crippen molar-refractivity contribution in [2.24, 2.45) is 11.1 Å². The molecule has 6 nitrogen and oxygen atoms in total. The predicted molar refractivity (Wildman–Crippen MR) is 125 cm³/mol. The van der Waals surface area contributed by atoms with Crippen molar-refractivity contribution < 1.29 is 0 Å². The van der Waals surface area contributed by atoms with Gasteiger partial charge in [0.25, 0.3) is 0 Å². The number of nitrogen functional groups attached to an aromatic ring is 1. The van der Waals surface area contributed by atoms with Crippen molar-refractivity contribution in [3.05, 3.63) is 65.1 Å². The van der Waals surface area contributed by atoms with E-state index in [1.807, 2.05) is 55.1 Å². The fourth-order valence-corrected chi connectivity index (χ4v) is 3.90. The molecule has 4 rings (SSSR count). The number of hydrogen-bond acceptors (Lipinski definition) is 5. The van der Waals surface area contributed by atoms with Crippen molar-refractivity contribution in [1.82, 2.24) is 14.8 Å². The summed E-state index contributed by atoms with van der Waals surface area (Å²) in [7, 11) is 0. The molecular weight excluding hydrogens is 372 g/mol. The molecule has 0 radical (unpaired) electrons. The summed E-state index contributed by atoms with van der Waals surface area (Å²) in [6, 6.07) is 9.86. The van der Waals surface area contributed by atoms with Crippen LogP contribution in [0.1, 0.15) is 64.6 Å². The molecular formula is C24H32N6. The lowest BCUT2D eigenvalue weighted by Crippen LogP contribution is -2.09. The van der Waals surface area contributed by atoms with Gasteiger partial charge in [0.1, 0.15) is 0 Å². The van der Waals surface area contributed by atoms with Crippen molar-refractivity contribution in [2.45, 2.75) is 53.5 Å². The minimum atomic E-state index is 0.0617. The molecule has 1 aromatic carbocycles. The van der Waals surface area contributed by atoms with Crippen molar-refractivity contribution in [2.75, 3.05) is 5.73 Å². The zero-order valence-corrected chi connectivity index (χ0v) is 18.5. The Balaban J connectivity index is 0.00000124. The molecule has 1 unspecified atom stereocenters. The first-order valence-electron chi connectivity index (χ1n) is 10.5. The number of anilines is 1. The van der Waals surface area contributed by atoms with Crippen LogP contribution in [0.2, 0.25) is 0 Å². The fourth-order valence-electron chi connectivity index (χ4n) is 3.90. The zero-order valence-electron chi connectivity index (χ0n) is 18.5. The Morgan fingerprint density at radius 2 is 1.80 bits per heavy atom. The standard InChI is InChI=1S/C22H26N6.C2H6/c1-13(14-4-6-17(23)7-5-14)28-12-16-8-15(11-26-21(16)27-28)20(25)18-9-22(2,3)10-19(18)24;1-2/h4-8,11-13,25H,9-10,23-24H2,1-3H3;1-2H3. The van der Waals surface area contributed by atoms with Crippen LogP contribution in [0, 0.1) is 10.8 Å². The maximum absolute atomic E-state index is 8.64. The number of nitrogens with zero attached hydrogens (tertiary/aromatic N) is 3. The van der Waals surface area contributed by atoms with E-state index in [4.69, 9.17) is 16.9 Å². The summed E-state index contributed by atoms with van der Waals surface area (Å²) >= 11 is 0. The molecule has 6 heteroatoms. The molecule has 30 heavy (non-hydrogen) atoms. The van der Waals surface area contributed by atoms with E-state index in [9.17, 15) is 0 Å². The highest BCUT2D eigenvalue weighted by molar-refractivity contribution is 6.12. The average Bonchev–Trinajstić information content (AvgIpc) is 3.27. The van der Waals surface area contributed by atoms with Crippen LogP contribution in [0.4, 0.5) is 5.69 Å². The molecule has 0 fully saturated rings. The molecule has 0 spiro atoms. The molecule has 0 aliphatic heterocycles. The van der Waals surface area contributed by atoms with E-state index in [0.717, 1.165) is 46.3 Å². The third-order valence-electron chi connectivity index (χ3n) is 5.49. The SMILES string of the molecule is CC.CC(c1ccc(N)cc1)n1cc2cc(C(=N)C3=C(N)CC(C)(C)C3)cnc2n1. The predicted octanol–water partition coefficient (Wildman–Crippen LogP) is 5.05. The summed E-state index contributed by atoms with van der Waals surface area (Å²) in [6.07, 6.45) is 5.36. The van der Waals surface area contributed by atoms with Crippen LogP contribution in [0.3, 0.4) is 0 Å². The molecule has 3 aromatic rings. The van der Waals surface area contributed by atoms with Gasteiger partial charge in [0.05, 0.1) is 11.8 Å². The second-order valence-corrected chi connectivity index (χ2v) is 8.49. The average molecular weight is 405 g/mol. The van der Waals surface area contributed by atoms with Crippen LogP contribution >= 0.6 is 0 Å². The molecule has 158 valence electrons. The van der Waals surface area contributed by atoms with Crippen LogP contribution in [0.15, 0.2) is 54.0 Å². The Morgan fingerprint density at radius 1 is 1.13 bits per heavy atom. The summed E-state index contributed by atoms with van der Waals surface area (Å²) in [6.45, 7) is 10.5. The maximum atomic E-state index is 8.64. The van der Waals surface area contributed by atoms with E-state index in [-0.39, 0.29) is 11.5 Å². The lowest BCUT2D eigenvalue weighted by Gasteiger charge is -2.16. The molecule has 1 aliphatic carbocycles. The van der Waals surface area contributed by atoms with Gasteiger partial charge in [0.2, 0.25) is 0 Å². The van der Waals surface area contributed by atoms with Gasteiger partial charge in [-0.25, -0.2) is 4.98 Å². The zero-order chi connectivity index (χ0) is 22.1. The van der Waals surface area contributed by atoms with Gasteiger partial charge < -0.3 is 11.5 Å². The van der Waals surface area contributed by atoms with Crippen molar-refractivity contribution >= 4 is 22.4 Å². The van der Waals surface area contributed by atoms with E-state index < -0.39 is 0 Å². The number of nitrogens with one attached hydrogen (secondary N) is 1. The van der Waals surface area contributed by atoms with E-state index in [0.29, 0.717) is 11.4 Å².